The first-order valence-electron chi connectivity index (χ1n) is 18.3. The van der Waals surface area contributed by atoms with E-state index < -0.39 is 62.8 Å². The Hall–Kier alpha value is 1.71. The van der Waals surface area contributed by atoms with E-state index in [1.54, 1.807) is 12.1 Å². The van der Waals surface area contributed by atoms with Crippen molar-refractivity contribution < 1.29 is 56.5 Å². The van der Waals surface area contributed by atoms with Crippen LogP contribution in [0.4, 0.5) is 11.4 Å². The van der Waals surface area contributed by atoms with Gasteiger partial charge in [-0.2, -0.15) is 29.8 Å². The van der Waals surface area contributed by atoms with Gasteiger partial charge in [-0.15, -0.1) is 0 Å². The second-order valence-electron chi connectivity index (χ2n) is 15.5. The summed E-state index contributed by atoms with van der Waals surface area (Å²) in [7, 11) is -17.5. The summed E-state index contributed by atoms with van der Waals surface area (Å²) >= 11 is 7.08. The van der Waals surface area contributed by atoms with Gasteiger partial charge in [-0.25, -0.2) is 8.42 Å². The van der Waals surface area contributed by atoms with Crippen molar-refractivity contribution in [1.29, 1.82) is 0 Å². The van der Waals surface area contributed by atoms with Crippen molar-refractivity contribution in [3.05, 3.63) is 93.7 Å². The predicted octanol–water partition coefficient (Wildman–Crippen LogP) is 5.25. The summed E-state index contributed by atoms with van der Waals surface area (Å²) in [6.07, 6.45) is 10.8. The summed E-state index contributed by atoms with van der Waals surface area (Å²) < 4.78 is 136. The molecule has 5 rings (SSSR count). The third kappa shape index (κ3) is 14.4. The van der Waals surface area contributed by atoms with Crippen molar-refractivity contribution in [3.63, 3.8) is 0 Å². The number of allylic oxidation sites excluding steroid dienone is 8. The summed E-state index contributed by atoms with van der Waals surface area (Å²) in [5.41, 5.74) is 4.29. The first kappa shape index (κ1) is 57.8. The van der Waals surface area contributed by atoms with E-state index in [-0.39, 0.29) is 177 Å². The number of hydrogen-bond acceptors (Lipinski definition) is 10. The van der Waals surface area contributed by atoms with E-state index in [1.165, 1.54) is 24.3 Å². The maximum Gasteiger partial charge on any atom is 0.294 e. The molecule has 3 radical (unpaired) electrons. The zero-order valence-electron chi connectivity index (χ0n) is 35.0. The van der Waals surface area contributed by atoms with Gasteiger partial charge >= 0.3 is 0 Å². The fourth-order valence-electron chi connectivity index (χ4n) is 7.78. The van der Waals surface area contributed by atoms with Gasteiger partial charge in [-0.3, -0.25) is 13.7 Å². The molecule has 0 unspecified atom stereocenters. The van der Waals surface area contributed by atoms with Crippen molar-refractivity contribution in [2.45, 2.75) is 93.3 Å². The largest absolute Gasteiger partial charge is 0.744 e. The van der Waals surface area contributed by atoms with Gasteiger partial charge in [-0.05, 0) is 105 Å². The topological polar surface area (TPSA) is 227 Å². The number of benzene rings is 2. The zero-order valence-corrected chi connectivity index (χ0v) is 48.4. The third-order valence-electron chi connectivity index (χ3n) is 10.7. The molecule has 14 nitrogen and oxygen atoms in total. The first-order valence-corrected chi connectivity index (χ1v) is 24.7. The number of fused-ring (bicyclic) bond motifs is 2. The van der Waals surface area contributed by atoms with Crippen LogP contribution in [-0.4, -0.2) is 241 Å². The van der Waals surface area contributed by atoms with E-state index >= 15 is 0 Å². The Morgan fingerprint density at radius 1 is 0.750 bits per heavy atom. The van der Waals surface area contributed by atoms with Gasteiger partial charge in [0.1, 0.15) is 16.7 Å². The van der Waals surface area contributed by atoms with Crippen molar-refractivity contribution in [3.8, 4) is 0 Å². The van der Waals surface area contributed by atoms with Crippen LogP contribution in [0.15, 0.2) is 92.4 Å². The molecule has 0 spiro atoms. The molecule has 2 heterocycles. The van der Waals surface area contributed by atoms with Gasteiger partial charge in [0.2, 0.25) is 5.69 Å². The monoisotopic (exact) mass is 1000 g/mol. The molecule has 0 bridgehead atoms. The molecule has 0 saturated carbocycles. The van der Waals surface area contributed by atoms with Crippen LogP contribution in [0.5, 0.6) is 0 Å². The van der Waals surface area contributed by atoms with Gasteiger partial charge in [0.05, 0.1) is 26.7 Å². The maximum atomic E-state index is 12.0. The van der Waals surface area contributed by atoms with Gasteiger partial charge in [0.15, 0.2) is 5.71 Å². The second-order valence-corrected chi connectivity index (χ2v) is 21.8. The van der Waals surface area contributed by atoms with Gasteiger partial charge in [-0.1, -0.05) is 37.6 Å². The van der Waals surface area contributed by atoms with Crippen LogP contribution in [0, 0.1) is 0 Å². The molecule has 60 heavy (non-hydrogen) atoms. The molecule has 315 valence electrons. The van der Waals surface area contributed by atoms with E-state index in [2.05, 4.69) is 0 Å². The Balaban J connectivity index is 0.00000413. The van der Waals surface area contributed by atoms with Crippen molar-refractivity contribution >= 4 is 223 Å². The number of rotatable bonds is 15. The molecule has 0 saturated heterocycles. The molecule has 0 amide bonds. The van der Waals surface area contributed by atoms with Gasteiger partial charge in [0, 0.05) is 207 Å². The van der Waals surface area contributed by atoms with Crippen LogP contribution in [0.1, 0.15) is 83.8 Å². The minimum Gasteiger partial charge on any atom is -0.744 e. The molecular formula is C38H47ClK3N2O12S4. The minimum absolute atomic E-state index is 0. The molecule has 2 aromatic rings. The standard InChI is InChI=1S/C38H47ClN2O12S4.3K/c1-37(2)30-24-28(56(48,49)50)14-16-32(30)40(20-5-7-22-54(42,43)44)34(37)18-12-26-10-9-11-27(36(26)39)13-19-35-38(3,4)31-25-29(57(51,52)53)15-17-33(31)41(35)21-6-8-23-55(45,46)47;;;/h12-19,24-25H,5-11,20-23H2,1-4H3,(H3-,42,43,44,45,46,47,48,49,50,51,52,53);;;. The average Bonchev–Trinajstić information content (AvgIpc) is 3.43. The maximum absolute atomic E-state index is 12.0. The molecular weight excluding hydrogens is 957 g/mol. The average molecular weight is 1000 g/mol. The Morgan fingerprint density at radius 2 is 1.33 bits per heavy atom. The Kier molecular flexibility index (Phi) is 21.9. The summed E-state index contributed by atoms with van der Waals surface area (Å²) in [5, 5.41) is 0.518. The summed E-state index contributed by atoms with van der Waals surface area (Å²) in [6, 6.07) is 8.53. The second kappa shape index (κ2) is 22.7. The number of nitrogens with zero attached hydrogens (tertiary/aromatic N) is 2. The van der Waals surface area contributed by atoms with Crippen LogP contribution < -0.4 is 4.90 Å². The Morgan fingerprint density at radius 3 is 1.92 bits per heavy atom. The molecule has 22 heteroatoms. The summed E-state index contributed by atoms with van der Waals surface area (Å²) in [5.74, 6) is -0.819. The van der Waals surface area contributed by atoms with E-state index in [1.807, 2.05) is 61.5 Å². The van der Waals surface area contributed by atoms with E-state index in [0.717, 1.165) is 29.0 Å². The molecule has 0 fully saturated rings. The molecule has 3 aliphatic rings. The number of unbranched alkanes of at least 4 members (excludes halogenated alkanes) is 2. The van der Waals surface area contributed by atoms with Crippen LogP contribution in [0.25, 0.3) is 0 Å². The van der Waals surface area contributed by atoms with Crippen LogP contribution in [-0.2, 0) is 51.3 Å². The quantitative estimate of drug-likeness (QED) is 0.0899. The molecule has 0 aromatic heterocycles. The molecule has 2 aliphatic heterocycles. The smallest absolute Gasteiger partial charge is 0.294 e. The van der Waals surface area contributed by atoms with Crippen LogP contribution >= 0.6 is 11.6 Å². The van der Waals surface area contributed by atoms with Crippen LogP contribution in [0.3, 0.4) is 0 Å². The van der Waals surface area contributed by atoms with Crippen molar-refractivity contribution in [2.75, 3.05) is 29.5 Å². The fourth-order valence-corrected chi connectivity index (χ4v) is 10.2. The minimum atomic E-state index is -4.74. The predicted molar refractivity (Wildman–Crippen MR) is 234 cm³/mol. The van der Waals surface area contributed by atoms with Crippen LogP contribution in [0.2, 0.25) is 0 Å². The summed E-state index contributed by atoms with van der Waals surface area (Å²) in [6.45, 7) is 8.32. The molecule has 2 aromatic carbocycles. The number of anilines is 1. The summed E-state index contributed by atoms with van der Waals surface area (Å²) in [4.78, 5) is 1.35. The number of hydrogen-bond donors (Lipinski definition) is 3. The molecule has 0 atom stereocenters. The van der Waals surface area contributed by atoms with E-state index in [9.17, 15) is 51.9 Å². The third-order valence-corrected chi connectivity index (χ3v) is 14.5. The number of halogens is 1. The van der Waals surface area contributed by atoms with Crippen molar-refractivity contribution in [1.82, 2.24) is 0 Å². The normalized spacial score (nSPS) is 19.0. The molecule has 1 aliphatic carbocycles. The molecule has 3 N–H and O–H groups in total. The Bertz CT molecular complexity index is 2590. The Labute approximate surface area is 487 Å². The van der Waals surface area contributed by atoms with Crippen molar-refractivity contribution in [2.24, 2.45) is 0 Å². The SMILES string of the molecule is CC1(C)C(=CC=C2CCCC(C=CC3=[N+](CCCCS(=O)(=O)O)c4ccc(S(=O)(=O)[O-])cc4C3(C)C)=C2Cl)N(CCCCS(=O)(=O)O)c2ccc(S(=O)(=O)O)cc21.[K].[K].[K]. The zero-order chi connectivity index (χ0) is 42.4. The van der Waals surface area contributed by atoms with E-state index in [4.69, 9.17) is 11.6 Å². The first-order chi connectivity index (χ1) is 26.2. The fraction of sp³-hybridized carbons (Fsp3) is 0.447. The van der Waals surface area contributed by atoms with Gasteiger partial charge < -0.3 is 9.45 Å². The van der Waals surface area contributed by atoms with E-state index in [0.29, 0.717) is 66.3 Å². The van der Waals surface area contributed by atoms with Gasteiger partial charge in [0.25, 0.3) is 30.4 Å².